The molecular formula is C20H20FN3O4. The van der Waals surface area contributed by atoms with E-state index in [-0.39, 0.29) is 17.6 Å². The smallest absolute Gasteiger partial charge is 0.257 e. The number of carbonyl (C=O) groups excluding carboxylic acids is 1. The van der Waals surface area contributed by atoms with E-state index in [1.54, 1.807) is 23.1 Å². The van der Waals surface area contributed by atoms with Crippen LogP contribution in [0.3, 0.4) is 0 Å². The molecule has 28 heavy (non-hydrogen) atoms. The molecule has 8 heteroatoms. The molecule has 1 saturated heterocycles. The Labute approximate surface area is 161 Å². The van der Waals surface area contributed by atoms with Gasteiger partial charge in [0.05, 0.1) is 24.4 Å². The molecule has 0 aliphatic carbocycles. The minimum absolute atomic E-state index is 0.0175. The van der Waals surface area contributed by atoms with Crippen LogP contribution in [0, 0.1) is 5.82 Å². The highest BCUT2D eigenvalue weighted by Gasteiger charge is 2.29. The van der Waals surface area contributed by atoms with Crippen LogP contribution in [0.4, 0.5) is 4.39 Å². The summed E-state index contributed by atoms with van der Waals surface area (Å²) < 4.78 is 28.9. The van der Waals surface area contributed by atoms with Crippen LogP contribution >= 0.6 is 0 Å². The summed E-state index contributed by atoms with van der Waals surface area (Å²) in [5, 5.41) is 4.01. The summed E-state index contributed by atoms with van der Waals surface area (Å²) in [6.07, 6.45) is 5.19. The van der Waals surface area contributed by atoms with Gasteiger partial charge >= 0.3 is 0 Å². The topological polar surface area (TPSA) is 81.6 Å². The SMILES string of the molecule is O=C(c1ccoc1)N1CCCC(c2nc(CCOc3ccc(F)cc3)no2)C1. The molecular weight excluding hydrogens is 365 g/mol. The van der Waals surface area contributed by atoms with Gasteiger partial charge in [-0.2, -0.15) is 4.98 Å². The van der Waals surface area contributed by atoms with Crippen molar-refractivity contribution in [3.8, 4) is 5.75 Å². The number of ether oxygens (including phenoxy) is 1. The van der Waals surface area contributed by atoms with E-state index in [1.165, 1.54) is 24.7 Å². The molecule has 3 aromatic rings. The number of likely N-dealkylation sites (tertiary alicyclic amines) is 1. The summed E-state index contributed by atoms with van der Waals surface area (Å²) in [5.41, 5.74) is 0.546. The van der Waals surface area contributed by atoms with Crippen molar-refractivity contribution in [1.82, 2.24) is 15.0 Å². The van der Waals surface area contributed by atoms with E-state index in [4.69, 9.17) is 13.7 Å². The van der Waals surface area contributed by atoms with Crippen molar-refractivity contribution in [3.05, 3.63) is 66.0 Å². The van der Waals surface area contributed by atoms with Gasteiger partial charge in [0.1, 0.15) is 17.8 Å². The average Bonchev–Trinajstić information content (AvgIpc) is 3.41. The number of nitrogens with zero attached hydrogens (tertiary/aromatic N) is 3. The molecule has 1 aliphatic heterocycles. The van der Waals surface area contributed by atoms with Crippen molar-refractivity contribution < 1.29 is 22.9 Å². The largest absolute Gasteiger partial charge is 0.493 e. The first-order chi connectivity index (χ1) is 13.7. The van der Waals surface area contributed by atoms with E-state index in [2.05, 4.69) is 10.1 Å². The molecule has 1 aromatic carbocycles. The number of benzene rings is 1. The van der Waals surface area contributed by atoms with E-state index < -0.39 is 0 Å². The maximum atomic E-state index is 12.9. The molecule has 146 valence electrons. The minimum Gasteiger partial charge on any atom is -0.493 e. The van der Waals surface area contributed by atoms with Gasteiger partial charge in [0.2, 0.25) is 5.89 Å². The lowest BCUT2D eigenvalue weighted by atomic mass is 9.97. The molecule has 0 spiro atoms. The van der Waals surface area contributed by atoms with E-state index in [1.807, 2.05) is 0 Å². The number of hydrogen-bond donors (Lipinski definition) is 0. The van der Waals surface area contributed by atoms with Crippen molar-refractivity contribution in [2.75, 3.05) is 19.7 Å². The monoisotopic (exact) mass is 385 g/mol. The second-order valence-electron chi connectivity index (χ2n) is 6.70. The fourth-order valence-corrected chi connectivity index (χ4v) is 3.26. The molecule has 0 radical (unpaired) electrons. The van der Waals surface area contributed by atoms with Crippen LogP contribution in [0.5, 0.6) is 5.75 Å². The number of amides is 1. The van der Waals surface area contributed by atoms with Crippen LogP contribution in [-0.4, -0.2) is 40.6 Å². The van der Waals surface area contributed by atoms with Crippen molar-refractivity contribution in [2.24, 2.45) is 0 Å². The second kappa shape index (κ2) is 8.24. The van der Waals surface area contributed by atoms with Gasteiger partial charge in [-0.1, -0.05) is 5.16 Å². The molecule has 2 aromatic heterocycles. The molecule has 1 atom stereocenters. The summed E-state index contributed by atoms with van der Waals surface area (Å²) in [6, 6.07) is 7.51. The molecule has 1 unspecified atom stereocenters. The third-order valence-electron chi connectivity index (χ3n) is 4.72. The third-order valence-corrected chi connectivity index (χ3v) is 4.72. The van der Waals surface area contributed by atoms with E-state index in [0.29, 0.717) is 49.1 Å². The summed E-state index contributed by atoms with van der Waals surface area (Å²) >= 11 is 0. The number of halogens is 1. The summed E-state index contributed by atoms with van der Waals surface area (Å²) in [5.74, 6) is 1.35. The van der Waals surface area contributed by atoms with Gasteiger partial charge in [0.15, 0.2) is 5.82 Å². The Balaban J connectivity index is 1.32. The van der Waals surface area contributed by atoms with E-state index in [0.717, 1.165) is 12.8 Å². The molecule has 0 N–H and O–H groups in total. The van der Waals surface area contributed by atoms with E-state index >= 15 is 0 Å². The Kier molecular flexibility index (Phi) is 5.36. The fourth-order valence-electron chi connectivity index (χ4n) is 3.26. The zero-order valence-corrected chi connectivity index (χ0v) is 15.2. The Morgan fingerprint density at radius 2 is 2.14 bits per heavy atom. The molecule has 4 rings (SSSR count). The number of rotatable bonds is 6. The first-order valence-corrected chi connectivity index (χ1v) is 9.21. The summed E-state index contributed by atoms with van der Waals surface area (Å²) in [4.78, 5) is 18.8. The standard InChI is InChI=1S/C20H20FN3O4/c21-16-3-5-17(6-4-16)27-11-8-18-22-19(28-23-18)14-2-1-9-24(12-14)20(25)15-7-10-26-13-15/h3-7,10,13-14H,1-2,8-9,11-12H2. The predicted molar refractivity (Wildman–Crippen MR) is 96.5 cm³/mol. The first kappa shape index (κ1) is 18.2. The maximum absolute atomic E-state index is 12.9. The lowest BCUT2D eigenvalue weighted by molar-refractivity contribution is 0.0695. The molecule has 1 aliphatic rings. The molecule has 1 amide bonds. The summed E-state index contributed by atoms with van der Waals surface area (Å²) in [7, 11) is 0. The Morgan fingerprint density at radius 1 is 1.29 bits per heavy atom. The highest BCUT2D eigenvalue weighted by molar-refractivity contribution is 5.93. The maximum Gasteiger partial charge on any atom is 0.257 e. The Morgan fingerprint density at radius 3 is 2.93 bits per heavy atom. The number of furan rings is 1. The second-order valence-corrected chi connectivity index (χ2v) is 6.70. The molecule has 7 nitrogen and oxygen atoms in total. The number of aromatic nitrogens is 2. The molecule has 0 bridgehead atoms. The minimum atomic E-state index is -0.303. The Bertz CT molecular complexity index is 908. The highest BCUT2D eigenvalue weighted by atomic mass is 19.1. The van der Waals surface area contributed by atoms with Gasteiger partial charge < -0.3 is 18.6 Å². The molecule has 3 heterocycles. The zero-order valence-electron chi connectivity index (χ0n) is 15.2. The van der Waals surface area contributed by atoms with E-state index in [9.17, 15) is 9.18 Å². The summed E-state index contributed by atoms with van der Waals surface area (Å²) in [6.45, 7) is 1.60. The van der Waals surface area contributed by atoms with Gasteiger partial charge in [-0.3, -0.25) is 4.79 Å². The van der Waals surface area contributed by atoms with Crippen LogP contribution in [0.25, 0.3) is 0 Å². The van der Waals surface area contributed by atoms with Gasteiger partial charge in [-0.25, -0.2) is 4.39 Å². The van der Waals surface area contributed by atoms with Crippen molar-refractivity contribution in [3.63, 3.8) is 0 Å². The van der Waals surface area contributed by atoms with Crippen molar-refractivity contribution in [1.29, 1.82) is 0 Å². The normalized spacial score (nSPS) is 16.9. The van der Waals surface area contributed by atoms with Crippen LogP contribution in [-0.2, 0) is 6.42 Å². The number of hydrogen-bond acceptors (Lipinski definition) is 6. The van der Waals surface area contributed by atoms with Crippen LogP contribution < -0.4 is 4.74 Å². The number of carbonyl (C=O) groups is 1. The highest BCUT2D eigenvalue weighted by Crippen LogP contribution is 2.27. The predicted octanol–water partition coefficient (Wildman–Crippen LogP) is 3.44. The lowest BCUT2D eigenvalue weighted by Gasteiger charge is -2.30. The first-order valence-electron chi connectivity index (χ1n) is 9.21. The fraction of sp³-hybridized carbons (Fsp3) is 0.350. The van der Waals surface area contributed by atoms with Crippen LogP contribution in [0.2, 0.25) is 0 Å². The van der Waals surface area contributed by atoms with Gasteiger partial charge in [-0.05, 0) is 43.2 Å². The van der Waals surface area contributed by atoms with Crippen LogP contribution in [0.1, 0.15) is 40.8 Å². The van der Waals surface area contributed by atoms with Crippen molar-refractivity contribution >= 4 is 5.91 Å². The van der Waals surface area contributed by atoms with Gasteiger partial charge in [0.25, 0.3) is 5.91 Å². The van der Waals surface area contributed by atoms with Gasteiger partial charge in [0, 0.05) is 19.5 Å². The third kappa shape index (κ3) is 4.21. The lowest BCUT2D eigenvalue weighted by Crippen LogP contribution is -2.39. The zero-order chi connectivity index (χ0) is 19.3. The number of piperidine rings is 1. The quantitative estimate of drug-likeness (QED) is 0.647. The molecule has 1 fully saturated rings. The van der Waals surface area contributed by atoms with Gasteiger partial charge in [-0.15, -0.1) is 0 Å². The Hall–Kier alpha value is -3.16. The molecule has 0 saturated carbocycles. The van der Waals surface area contributed by atoms with Crippen molar-refractivity contribution in [2.45, 2.75) is 25.2 Å². The average molecular weight is 385 g/mol. The van der Waals surface area contributed by atoms with Crippen LogP contribution in [0.15, 0.2) is 51.8 Å².